The van der Waals surface area contributed by atoms with Crippen molar-refractivity contribution in [1.82, 2.24) is 20.4 Å². The number of rotatable bonds is 8. The number of carbonyl (C=O) groups is 2. The van der Waals surface area contributed by atoms with Crippen LogP contribution in [0.1, 0.15) is 37.7 Å². The molecule has 4 atom stereocenters. The Morgan fingerprint density at radius 3 is 2.53 bits per heavy atom. The Morgan fingerprint density at radius 2 is 1.92 bits per heavy atom. The van der Waals surface area contributed by atoms with E-state index in [4.69, 9.17) is 19.5 Å². The van der Waals surface area contributed by atoms with Crippen molar-refractivity contribution in [2.75, 3.05) is 47.0 Å². The number of benzene rings is 1. The van der Waals surface area contributed by atoms with E-state index < -0.39 is 6.09 Å². The highest BCUT2D eigenvalue weighted by molar-refractivity contribution is 5.74. The van der Waals surface area contributed by atoms with Gasteiger partial charge in [0.1, 0.15) is 18.6 Å². The summed E-state index contributed by atoms with van der Waals surface area (Å²) >= 11 is 0. The van der Waals surface area contributed by atoms with Crippen molar-refractivity contribution in [2.45, 2.75) is 50.4 Å². The Balaban J connectivity index is 1.32. The molecule has 0 aromatic heterocycles. The first-order valence-corrected chi connectivity index (χ1v) is 12.8. The summed E-state index contributed by atoms with van der Waals surface area (Å²) in [7, 11) is 3.25. The van der Waals surface area contributed by atoms with E-state index in [0.717, 1.165) is 45.2 Å². The first-order valence-electron chi connectivity index (χ1n) is 12.8. The highest BCUT2D eigenvalue weighted by Gasteiger charge is 2.45. The first-order chi connectivity index (χ1) is 17.5. The number of alkyl carbamates (subject to hydrolysis) is 1. The molecule has 1 aromatic carbocycles. The lowest BCUT2D eigenvalue weighted by molar-refractivity contribution is -0.00417. The predicted molar refractivity (Wildman–Crippen MR) is 132 cm³/mol. The monoisotopic (exact) mass is 499 g/mol. The molecule has 2 saturated heterocycles. The van der Waals surface area contributed by atoms with Crippen LogP contribution in [0.25, 0.3) is 0 Å². The predicted octanol–water partition coefficient (Wildman–Crippen LogP) is 2.54. The zero-order valence-corrected chi connectivity index (χ0v) is 21.2. The number of hydrogen-bond donors (Lipinski definition) is 2. The minimum absolute atomic E-state index is 0.0571. The third-order valence-corrected chi connectivity index (χ3v) is 7.51. The van der Waals surface area contributed by atoms with E-state index >= 15 is 0 Å². The number of carbonyl (C=O) groups excluding carboxylic acids is 2. The van der Waals surface area contributed by atoms with Crippen molar-refractivity contribution in [3.63, 3.8) is 0 Å². The number of nitrogens with one attached hydrogen (secondary N) is 2. The van der Waals surface area contributed by atoms with E-state index in [1.807, 2.05) is 11.9 Å². The molecule has 196 valence electrons. The lowest BCUT2D eigenvalue weighted by atomic mass is 9.90. The molecule has 3 aliphatic rings. The van der Waals surface area contributed by atoms with Crippen LogP contribution in [0.4, 0.5) is 9.59 Å². The topological polar surface area (TPSA) is 116 Å². The smallest absolute Gasteiger partial charge is 0.407 e. The van der Waals surface area contributed by atoms with Gasteiger partial charge in [-0.25, -0.2) is 9.59 Å². The van der Waals surface area contributed by atoms with E-state index in [1.165, 1.54) is 7.11 Å². The minimum atomic E-state index is -0.498. The molecule has 10 heteroatoms. The van der Waals surface area contributed by atoms with Crippen LogP contribution in [0, 0.1) is 23.2 Å². The third kappa shape index (κ3) is 6.59. The second-order valence-electron chi connectivity index (χ2n) is 10.0. The molecule has 2 N–H and O–H groups in total. The van der Waals surface area contributed by atoms with Crippen molar-refractivity contribution < 1.29 is 23.8 Å². The highest BCUT2D eigenvalue weighted by Crippen LogP contribution is 2.39. The Kier molecular flexibility index (Phi) is 8.88. The third-order valence-electron chi connectivity index (χ3n) is 7.51. The molecular formula is C26H37N5O5. The normalized spacial score (nSPS) is 26.4. The van der Waals surface area contributed by atoms with E-state index in [-0.39, 0.29) is 30.9 Å². The van der Waals surface area contributed by atoms with Gasteiger partial charge in [-0.15, -0.1) is 0 Å². The Labute approximate surface area is 212 Å². The van der Waals surface area contributed by atoms with Gasteiger partial charge in [0.2, 0.25) is 0 Å². The number of hydrogen-bond acceptors (Lipinski definition) is 7. The van der Waals surface area contributed by atoms with Gasteiger partial charge < -0.3 is 34.6 Å². The molecule has 2 bridgehead atoms. The van der Waals surface area contributed by atoms with Crippen LogP contribution >= 0.6 is 0 Å². The molecule has 2 aliphatic heterocycles. The first kappa shape index (κ1) is 26.0. The van der Waals surface area contributed by atoms with Crippen molar-refractivity contribution in [3.05, 3.63) is 29.8 Å². The summed E-state index contributed by atoms with van der Waals surface area (Å²) in [6, 6.07) is 8.86. The molecule has 1 saturated carbocycles. The Morgan fingerprint density at radius 1 is 1.19 bits per heavy atom. The molecule has 3 fully saturated rings. The molecule has 3 amide bonds. The van der Waals surface area contributed by atoms with Crippen LogP contribution in [0.2, 0.25) is 0 Å². The summed E-state index contributed by atoms with van der Waals surface area (Å²) in [5.41, 5.74) is 0.565. The lowest BCUT2D eigenvalue weighted by Gasteiger charge is -2.43. The Hall–Kier alpha value is -3.03. The summed E-state index contributed by atoms with van der Waals surface area (Å²) in [4.78, 5) is 29.1. The average molecular weight is 500 g/mol. The molecule has 36 heavy (non-hydrogen) atoms. The number of ether oxygens (including phenoxy) is 3. The molecule has 10 nitrogen and oxygen atoms in total. The van der Waals surface area contributed by atoms with Gasteiger partial charge in [0.05, 0.1) is 24.8 Å². The largest absolute Gasteiger partial charge is 0.491 e. The maximum Gasteiger partial charge on any atom is 0.407 e. The molecule has 1 aliphatic carbocycles. The van der Waals surface area contributed by atoms with Crippen LogP contribution in [-0.2, 0) is 9.47 Å². The van der Waals surface area contributed by atoms with Gasteiger partial charge in [0.15, 0.2) is 0 Å². The van der Waals surface area contributed by atoms with Crippen LogP contribution < -0.4 is 15.4 Å². The van der Waals surface area contributed by atoms with Crippen molar-refractivity contribution in [3.8, 4) is 11.8 Å². The number of methoxy groups -OCH3 is 1. The number of likely N-dealkylation sites (tertiary alicyclic amines) is 1. The maximum atomic E-state index is 12.9. The number of nitriles is 1. The van der Waals surface area contributed by atoms with Gasteiger partial charge in [0, 0.05) is 39.3 Å². The van der Waals surface area contributed by atoms with Gasteiger partial charge in [0.25, 0.3) is 0 Å². The highest BCUT2D eigenvalue weighted by atomic mass is 16.5. The standard InChI is InChI=1S/C26H37N5O5/c1-30(25(32)29-23-5-3-4-12-35-23)24-19-8-9-20(24)15-31(14-19)16-21(28-26(33)34-2)17-36-22-10-6-18(13-27)7-11-22/h6-7,10-11,19-21,23-24H,3-5,8-9,12,14-17H2,1-2H3,(H,28,33)(H,29,32)/t19?,20?,21-,23?,24?/m0/s1. The van der Waals surface area contributed by atoms with Crippen molar-refractivity contribution in [2.24, 2.45) is 11.8 Å². The van der Waals surface area contributed by atoms with Gasteiger partial charge in [-0.3, -0.25) is 0 Å². The zero-order valence-electron chi connectivity index (χ0n) is 21.2. The quantitative estimate of drug-likeness (QED) is 0.565. The zero-order chi connectivity index (χ0) is 25.5. The van der Waals surface area contributed by atoms with E-state index in [1.54, 1.807) is 24.3 Å². The van der Waals surface area contributed by atoms with Gasteiger partial charge in [-0.05, 0) is 68.2 Å². The number of urea groups is 1. The summed E-state index contributed by atoms with van der Waals surface area (Å²) in [6.07, 6.45) is 4.48. The number of fused-ring (bicyclic) bond motifs is 2. The van der Waals surface area contributed by atoms with Crippen LogP contribution in [0.15, 0.2) is 24.3 Å². The summed E-state index contributed by atoms with van der Waals surface area (Å²) in [5.74, 6) is 1.40. The molecule has 1 aromatic rings. The van der Waals surface area contributed by atoms with Gasteiger partial charge in [-0.1, -0.05) is 0 Å². The second-order valence-corrected chi connectivity index (χ2v) is 10.0. The molecular weight excluding hydrogens is 462 g/mol. The van der Waals surface area contributed by atoms with Crippen LogP contribution in [0.5, 0.6) is 5.75 Å². The van der Waals surface area contributed by atoms with Crippen molar-refractivity contribution in [1.29, 1.82) is 5.26 Å². The molecule has 3 unspecified atom stereocenters. The fourth-order valence-electron chi connectivity index (χ4n) is 5.80. The summed E-state index contributed by atoms with van der Waals surface area (Å²) < 4.78 is 16.4. The molecule has 2 heterocycles. The number of amides is 3. The fraction of sp³-hybridized carbons (Fsp3) is 0.654. The van der Waals surface area contributed by atoms with E-state index in [0.29, 0.717) is 36.3 Å². The minimum Gasteiger partial charge on any atom is -0.491 e. The van der Waals surface area contributed by atoms with Gasteiger partial charge >= 0.3 is 12.1 Å². The lowest BCUT2D eigenvalue weighted by Crippen LogP contribution is -2.58. The number of piperidine rings is 1. The Bertz CT molecular complexity index is 916. The second kappa shape index (κ2) is 12.3. The SMILES string of the molecule is COC(=O)N[C@H](COc1ccc(C#N)cc1)CN1CC2CCC(C1)C2N(C)C(=O)NC1CCCCO1. The maximum absolute atomic E-state index is 12.9. The fourth-order valence-corrected chi connectivity index (χ4v) is 5.80. The molecule has 0 radical (unpaired) electrons. The van der Waals surface area contributed by atoms with Gasteiger partial charge in [-0.2, -0.15) is 5.26 Å². The number of nitrogens with zero attached hydrogens (tertiary/aromatic N) is 3. The van der Waals surface area contributed by atoms with Crippen LogP contribution in [0.3, 0.4) is 0 Å². The van der Waals surface area contributed by atoms with Crippen LogP contribution in [-0.4, -0.2) is 87.2 Å². The average Bonchev–Trinajstić information content (AvgIpc) is 3.17. The summed E-state index contributed by atoms with van der Waals surface area (Å²) in [5, 5.41) is 14.9. The summed E-state index contributed by atoms with van der Waals surface area (Å²) in [6.45, 7) is 3.31. The molecule has 4 rings (SSSR count). The van der Waals surface area contributed by atoms with E-state index in [2.05, 4.69) is 21.6 Å². The molecule has 0 spiro atoms. The van der Waals surface area contributed by atoms with E-state index in [9.17, 15) is 9.59 Å². The van der Waals surface area contributed by atoms with Crippen molar-refractivity contribution >= 4 is 12.1 Å².